The predicted molar refractivity (Wildman–Crippen MR) is 147 cm³/mol. The number of nitrogens with one attached hydrogen (secondary N) is 1. The minimum absolute atomic E-state index is 0.109. The highest BCUT2D eigenvalue weighted by molar-refractivity contribution is 7.91. The lowest BCUT2D eigenvalue weighted by atomic mass is 10.1. The second-order valence-corrected chi connectivity index (χ2v) is 12.0. The molecule has 4 rings (SSSR count). The fourth-order valence-corrected chi connectivity index (χ4v) is 6.26. The van der Waals surface area contributed by atoms with E-state index in [1.165, 1.54) is 24.3 Å². The number of fused-ring (bicyclic) bond motifs is 1. The number of alkyl halides is 3. The molecule has 8 nitrogen and oxygen atoms in total. The first-order valence-electron chi connectivity index (χ1n) is 12.3. The Morgan fingerprint density at radius 3 is 2.55 bits per heavy atom. The van der Waals surface area contributed by atoms with Crippen LogP contribution in [0.15, 0.2) is 77.3 Å². The number of halogens is 4. The van der Waals surface area contributed by atoms with Crippen molar-refractivity contribution in [3.8, 4) is 0 Å². The molecule has 1 aliphatic heterocycles. The van der Waals surface area contributed by atoms with Gasteiger partial charge in [-0.25, -0.2) is 8.42 Å². The van der Waals surface area contributed by atoms with Crippen LogP contribution < -0.4 is 5.32 Å². The number of hydrogen-bond acceptors (Lipinski definition) is 7. The zero-order valence-electron chi connectivity index (χ0n) is 21.5. The molecule has 0 fully saturated rings. The highest BCUT2D eigenvalue weighted by atomic mass is 35.5. The van der Waals surface area contributed by atoms with Crippen molar-refractivity contribution >= 4 is 43.9 Å². The van der Waals surface area contributed by atoms with Crippen molar-refractivity contribution in [1.82, 2.24) is 14.8 Å². The molecule has 3 aromatic rings. The lowest BCUT2D eigenvalue weighted by Crippen LogP contribution is -2.53. The van der Waals surface area contributed by atoms with Crippen LogP contribution in [0.1, 0.15) is 6.42 Å². The van der Waals surface area contributed by atoms with Crippen LogP contribution in [0.3, 0.4) is 0 Å². The van der Waals surface area contributed by atoms with Gasteiger partial charge in [-0.2, -0.15) is 13.2 Å². The molecule has 2 heterocycles. The van der Waals surface area contributed by atoms with Gasteiger partial charge >= 0.3 is 6.18 Å². The summed E-state index contributed by atoms with van der Waals surface area (Å²) in [7, 11) is -2.39. The van der Waals surface area contributed by atoms with E-state index in [1.54, 1.807) is 31.4 Å². The molecule has 2 aromatic carbocycles. The number of carbonyl (C=O) groups is 1. The van der Waals surface area contributed by atoms with Gasteiger partial charge in [-0.1, -0.05) is 29.8 Å². The van der Waals surface area contributed by atoms with Crippen molar-refractivity contribution < 1.29 is 31.5 Å². The van der Waals surface area contributed by atoms with Gasteiger partial charge in [0.05, 0.1) is 16.8 Å². The Morgan fingerprint density at radius 2 is 1.85 bits per heavy atom. The first kappa shape index (κ1) is 29.8. The van der Waals surface area contributed by atoms with E-state index in [1.807, 2.05) is 17.0 Å². The molecule has 214 valence electrons. The Bertz CT molecular complexity index is 1520. The Hall–Kier alpha value is -3.19. The normalized spacial score (nSPS) is 18.0. The maximum absolute atomic E-state index is 13.1. The SMILES string of the molecule is CN(CCNc1ccnc2cc(Cl)ccc12)CCN1C(=O)C(CC(F)(F)F)=CC1(O)CS(=O)(=O)c1ccccc1. The Labute approximate surface area is 235 Å². The zero-order valence-corrected chi connectivity index (χ0v) is 23.1. The number of carbonyl (C=O) groups excluding carboxylic acids is 1. The Kier molecular flexibility index (Phi) is 8.74. The number of nitrogens with zero attached hydrogens (tertiary/aromatic N) is 3. The van der Waals surface area contributed by atoms with E-state index in [4.69, 9.17) is 11.6 Å². The van der Waals surface area contributed by atoms with Crippen LogP contribution in [-0.2, 0) is 14.6 Å². The van der Waals surface area contributed by atoms with Crippen molar-refractivity contribution in [2.45, 2.75) is 23.2 Å². The number of sulfone groups is 1. The summed E-state index contributed by atoms with van der Waals surface area (Å²) in [6, 6.07) is 14.4. The third-order valence-electron chi connectivity index (χ3n) is 6.51. The number of aromatic nitrogens is 1. The third kappa shape index (κ3) is 7.11. The largest absolute Gasteiger partial charge is 0.393 e. The summed E-state index contributed by atoms with van der Waals surface area (Å²) in [4.78, 5) is 19.7. The smallest absolute Gasteiger partial charge is 0.383 e. The van der Waals surface area contributed by atoms with Gasteiger partial charge in [-0.15, -0.1) is 0 Å². The van der Waals surface area contributed by atoms with Crippen LogP contribution in [0.5, 0.6) is 0 Å². The van der Waals surface area contributed by atoms with Crippen LogP contribution in [0.25, 0.3) is 10.9 Å². The number of pyridine rings is 1. The highest BCUT2D eigenvalue weighted by Crippen LogP contribution is 2.35. The highest BCUT2D eigenvalue weighted by Gasteiger charge is 2.48. The van der Waals surface area contributed by atoms with Gasteiger partial charge in [0.25, 0.3) is 5.91 Å². The maximum Gasteiger partial charge on any atom is 0.393 e. The van der Waals surface area contributed by atoms with E-state index < -0.39 is 45.4 Å². The fourth-order valence-electron chi connectivity index (χ4n) is 4.56. The van der Waals surface area contributed by atoms with E-state index in [-0.39, 0.29) is 18.0 Å². The number of amides is 1. The van der Waals surface area contributed by atoms with E-state index in [2.05, 4.69) is 10.3 Å². The molecule has 0 saturated carbocycles. The van der Waals surface area contributed by atoms with Crippen LogP contribution >= 0.6 is 11.6 Å². The van der Waals surface area contributed by atoms with E-state index in [0.29, 0.717) is 18.1 Å². The van der Waals surface area contributed by atoms with Gasteiger partial charge in [0, 0.05) is 54.0 Å². The molecule has 2 N–H and O–H groups in total. The van der Waals surface area contributed by atoms with Gasteiger partial charge in [0.15, 0.2) is 15.6 Å². The molecule has 1 aliphatic rings. The summed E-state index contributed by atoms with van der Waals surface area (Å²) >= 11 is 6.04. The molecule has 1 amide bonds. The minimum atomic E-state index is -4.71. The monoisotopic (exact) mass is 596 g/mol. The number of aliphatic hydroxyl groups is 1. The molecule has 0 bridgehead atoms. The number of benzene rings is 2. The van der Waals surface area contributed by atoms with Crippen LogP contribution in [0.2, 0.25) is 5.02 Å². The van der Waals surface area contributed by atoms with Crippen molar-refractivity contribution in [1.29, 1.82) is 0 Å². The van der Waals surface area contributed by atoms with Crippen molar-refractivity contribution in [3.05, 3.63) is 77.5 Å². The first-order chi connectivity index (χ1) is 18.8. The lowest BCUT2D eigenvalue weighted by Gasteiger charge is -2.34. The topological polar surface area (TPSA) is 103 Å². The van der Waals surface area contributed by atoms with Crippen LogP contribution in [-0.4, -0.2) is 85.1 Å². The molecular formula is C27H28ClF3N4O4S. The summed E-state index contributed by atoms with van der Waals surface area (Å²) < 4.78 is 65.4. The molecule has 40 heavy (non-hydrogen) atoms. The second kappa shape index (κ2) is 11.7. The van der Waals surface area contributed by atoms with E-state index >= 15 is 0 Å². The molecule has 0 aliphatic carbocycles. The van der Waals surface area contributed by atoms with Crippen molar-refractivity contribution in [2.24, 2.45) is 0 Å². The molecule has 0 radical (unpaired) electrons. The fraction of sp³-hybridized carbons (Fsp3) is 0.333. The number of hydrogen-bond donors (Lipinski definition) is 2. The minimum Gasteiger partial charge on any atom is -0.383 e. The van der Waals surface area contributed by atoms with Crippen LogP contribution in [0.4, 0.5) is 18.9 Å². The zero-order chi connectivity index (χ0) is 29.1. The first-order valence-corrected chi connectivity index (χ1v) is 14.4. The summed E-state index contributed by atoms with van der Waals surface area (Å²) in [5, 5.41) is 16.0. The van der Waals surface area contributed by atoms with Gasteiger partial charge in [-0.05, 0) is 49.5 Å². The molecule has 1 unspecified atom stereocenters. The summed E-state index contributed by atoms with van der Waals surface area (Å²) in [6.07, 6.45) is -3.90. The van der Waals surface area contributed by atoms with E-state index in [9.17, 15) is 31.5 Å². The molecule has 0 saturated heterocycles. The standard InChI is InChI=1S/C27H28ClF3N4O4S/c1-34(12-11-33-23-9-10-32-24-15-20(28)7-8-22(23)24)13-14-35-25(36)19(17-27(29,30)31)16-26(35,37)18-40(38,39)21-5-3-2-4-6-21/h2-10,15-16,37H,11-14,17-18H2,1H3,(H,32,33). The Morgan fingerprint density at radius 1 is 1.12 bits per heavy atom. The van der Waals surface area contributed by atoms with Crippen LogP contribution in [0, 0.1) is 0 Å². The van der Waals surface area contributed by atoms with E-state index in [0.717, 1.165) is 27.6 Å². The van der Waals surface area contributed by atoms with Crippen molar-refractivity contribution in [3.63, 3.8) is 0 Å². The lowest BCUT2D eigenvalue weighted by molar-refractivity contribution is -0.145. The molecular weight excluding hydrogens is 569 g/mol. The second-order valence-electron chi connectivity index (χ2n) is 9.62. The molecule has 1 aromatic heterocycles. The van der Waals surface area contributed by atoms with Crippen molar-refractivity contribution in [2.75, 3.05) is 44.3 Å². The average molecular weight is 597 g/mol. The number of rotatable bonds is 11. The summed E-state index contributed by atoms with van der Waals surface area (Å²) in [5.74, 6) is -2.02. The predicted octanol–water partition coefficient (Wildman–Crippen LogP) is 4.12. The average Bonchev–Trinajstić information content (AvgIpc) is 3.09. The molecule has 13 heteroatoms. The summed E-state index contributed by atoms with van der Waals surface area (Å²) in [6.45, 7) is 0.936. The Balaban J connectivity index is 1.43. The number of anilines is 1. The summed E-state index contributed by atoms with van der Waals surface area (Å²) in [5.41, 5.74) is -1.55. The third-order valence-corrected chi connectivity index (χ3v) is 8.54. The van der Waals surface area contributed by atoms with Gasteiger partial charge < -0.3 is 20.2 Å². The van der Waals surface area contributed by atoms with Gasteiger partial charge in [-0.3, -0.25) is 9.78 Å². The maximum atomic E-state index is 13.1. The molecule has 0 spiro atoms. The molecule has 1 atom stereocenters. The number of likely N-dealkylation sites (N-methyl/N-ethyl adjacent to an activating group) is 1. The van der Waals surface area contributed by atoms with Gasteiger partial charge in [0.2, 0.25) is 0 Å². The van der Waals surface area contributed by atoms with Gasteiger partial charge in [0.1, 0.15) is 5.75 Å². The quantitative estimate of drug-likeness (QED) is 0.343.